The molecule has 0 saturated carbocycles. The summed E-state index contributed by atoms with van der Waals surface area (Å²) in [6.07, 6.45) is 1.70. The maximum Gasteiger partial charge on any atom is 0.137 e. The van der Waals surface area contributed by atoms with E-state index >= 15 is 0 Å². The summed E-state index contributed by atoms with van der Waals surface area (Å²) in [6, 6.07) is 1.86. The number of pyridine rings is 1. The fourth-order valence-corrected chi connectivity index (χ4v) is 1.49. The highest BCUT2D eigenvalue weighted by molar-refractivity contribution is 9.10. The minimum atomic E-state index is -1.02. The van der Waals surface area contributed by atoms with Crippen molar-refractivity contribution in [1.82, 2.24) is 4.98 Å². The van der Waals surface area contributed by atoms with Gasteiger partial charge in [-0.1, -0.05) is 6.92 Å². The van der Waals surface area contributed by atoms with Crippen molar-refractivity contribution < 1.29 is 4.21 Å². The van der Waals surface area contributed by atoms with Crippen LogP contribution in [0.1, 0.15) is 12.5 Å². The van der Waals surface area contributed by atoms with Crippen LogP contribution in [0.4, 0.5) is 5.82 Å². The van der Waals surface area contributed by atoms with Crippen molar-refractivity contribution in [2.45, 2.75) is 13.8 Å². The third-order valence-electron chi connectivity index (χ3n) is 1.53. The summed E-state index contributed by atoms with van der Waals surface area (Å²) in [5, 5.41) is 0. The van der Waals surface area contributed by atoms with Gasteiger partial charge < -0.3 is 0 Å². The number of aromatic nitrogens is 1. The van der Waals surface area contributed by atoms with Crippen molar-refractivity contribution in [2.75, 3.05) is 10.5 Å². The standard InChI is InChI=1S/C8H11BrN2OS/c1-3-13(12)11-8-4-6(2)7(9)5-10-8/h4-5H,3H2,1-2H3,(H,10,11). The monoisotopic (exact) mass is 262 g/mol. The topological polar surface area (TPSA) is 42.0 Å². The highest BCUT2D eigenvalue weighted by Crippen LogP contribution is 2.17. The first-order chi connectivity index (χ1) is 6.13. The maximum absolute atomic E-state index is 11.1. The zero-order valence-corrected chi connectivity index (χ0v) is 9.91. The molecule has 0 spiro atoms. The summed E-state index contributed by atoms with van der Waals surface area (Å²) in [5.41, 5.74) is 1.07. The Morgan fingerprint density at radius 3 is 2.92 bits per heavy atom. The Bertz CT molecular complexity index is 330. The molecule has 1 aromatic heterocycles. The van der Waals surface area contributed by atoms with Gasteiger partial charge in [0.2, 0.25) is 0 Å². The van der Waals surface area contributed by atoms with Crippen molar-refractivity contribution in [3.05, 3.63) is 22.3 Å². The minimum absolute atomic E-state index is 0.580. The third-order valence-corrected chi connectivity index (χ3v) is 3.32. The van der Waals surface area contributed by atoms with Gasteiger partial charge in [0.05, 0.1) is 0 Å². The second-order valence-corrected chi connectivity index (χ2v) is 4.88. The Hall–Kier alpha value is -0.420. The van der Waals surface area contributed by atoms with Crippen molar-refractivity contribution >= 4 is 32.7 Å². The molecular formula is C8H11BrN2OS. The van der Waals surface area contributed by atoms with Crippen molar-refractivity contribution in [2.24, 2.45) is 0 Å². The molecule has 0 aliphatic heterocycles. The fraction of sp³-hybridized carbons (Fsp3) is 0.375. The molecule has 0 amide bonds. The quantitative estimate of drug-likeness (QED) is 0.908. The third kappa shape index (κ3) is 3.08. The molecule has 0 aromatic carbocycles. The molecule has 0 bridgehead atoms. The molecule has 0 fully saturated rings. The van der Waals surface area contributed by atoms with E-state index in [-0.39, 0.29) is 0 Å². The highest BCUT2D eigenvalue weighted by atomic mass is 79.9. The van der Waals surface area contributed by atoms with E-state index in [1.165, 1.54) is 0 Å². The molecule has 0 aliphatic rings. The molecule has 13 heavy (non-hydrogen) atoms. The molecule has 1 heterocycles. The Labute approximate surface area is 88.7 Å². The normalized spacial score (nSPS) is 12.5. The molecule has 1 aromatic rings. The minimum Gasteiger partial charge on any atom is -0.289 e. The van der Waals surface area contributed by atoms with Gasteiger partial charge in [-0.2, -0.15) is 0 Å². The summed E-state index contributed by atoms with van der Waals surface area (Å²) in [7, 11) is -1.02. The second kappa shape index (κ2) is 4.72. The predicted octanol–water partition coefficient (Wildman–Crippen LogP) is 2.25. The maximum atomic E-state index is 11.1. The number of halogens is 1. The molecule has 5 heteroatoms. The van der Waals surface area contributed by atoms with Gasteiger partial charge in [0.15, 0.2) is 0 Å². The van der Waals surface area contributed by atoms with Crippen LogP contribution in [-0.2, 0) is 11.0 Å². The van der Waals surface area contributed by atoms with Gasteiger partial charge in [0.1, 0.15) is 16.8 Å². The number of aryl methyl sites for hydroxylation is 1. The molecule has 3 nitrogen and oxygen atoms in total. The lowest BCUT2D eigenvalue weighted by atomic mass is 10.3. The van der Waals surface area contributed by atoms with Crippen molar-refractivity contribution in [1.29, 1.82) is 0 Å². The van der Waals surface area contributed by atoms with Gasteiger partial charge in [-0.15, -0.1) is 0 Å². The van der Waals surface area contributed by atoms with Gasteiger partial charge in [0.25, 0.3) is 0 Å². The Balaban J connectivity index is 2.79. The summed E-state index contributed by atoms with van der Waals surface area (Å²) in [4.78, 5) is 4.08. The molecule has 1 atom stereocenters. The van der Waals surface area contributed by atoms with E-state index in [0.29, 0.717) is 11.6 Å². The fourth-order valence-electron chi connectivity index (χ4n) is 0.784. The summed E-state index contributed by atoms with van der Waals surface area (Å²) < 4.78 is 14.9. The molecule has 0 radical (unpaired) electrons. The number of rotatable bonds is 3. The lowest BCUT2D eigenvalue weighted by Gasteiger charge is -2.04. The van der Waals surface area contributed by atoms with Crippen LogP contribution in [0.2, 0.25) is 0 Å². The second-order valence-electron chi connectivity index (χ2n) is 2.55. The van der Waals surface area contributed by atoms with Crippen molar-refractivity contribution in [3.8, 4) is 0 Å². The number of hydrogen-bond acceptors (Lipinski definition) is 2. The zero-order valence-electron chi connectivity index (χ0n) is 7.50. The first-order valence-electron chi connectivity index (χ1n) is 3.90. The van der Waals surface area contributed by atoms with Gasteiger partial charge in [0, 0.05) is 16.4 Å². The van der Waals surface area contributed by atoms with Gasteiger partial charge in [-0.05, 0) is 34.5 Å². The van der Waals surface area contributed by atoms with Crippen LogP contribution in [0.15, 0.2) is 16.7 Å². The van der Waals surface area contributed by atoms with Gasteiger partial charge >= 0.3 is 0 Å². The first-order valence-corrected chi connectivity index (χ1v) is 6.02. The number of anilines is 1. The molecule has 0 aliphatic carbocycles. The Kier molecular flexibility index (Phi) is 3.87. The van der Waals surface area contributed by atoms with Crippen molar-refractivity contribution in [3.63, 3.8) is 0 Å². The lowest BCUT2D eigenvalue weighted by Crippen LogP contribution is -2.07. The van der Waals surface area contributed by atoms with E-state index in [1.807, 2.05) is 19.9 Å². The first kappa shape index (κ1) is 10.7. The average Bonchev–Trinajstić information content (AvgIpc) is 2.11. The van der Waals surface area contributed by atoms with Crippen LogP contribution in [0.5, 0.6) is 0 Å². The van der Waals surface area contributed by atoms with Gasteiger partial charge in [-0.25, -0.2) is 9.19 Å². The number of nitrogens with zero attached hydrogens (tertiary/aromatic N) is 1. The van der Waals surface area contributed by atoms with Crippen LogP contribution in [0, 0.1) is 6.92 Å². The van der Waals surface area contributed by atoms with E-state index < -0.39 is 11.0 Å². The molecule has 1 unspecified atom stereocenters. The zero-order chi connectivity index (χ0) is 9.84. The van der Waals surface area contributed by atoms with Crippen LogP contribution < -0.4 is 4.72 Å². The highest BCUT2D eigenvalue weighted by Gasteiger charge is 2.00. The van der Waals surface area contributed by atoms with Crippen LogP contribution in [-0.4, -0.2) is 14.9 Å². The van der Waals surface area contributed by atoms with E-state index in [9.17, 15) is 4.21 Å². The SMILES string of the molecule is CCS(=O)Nc1cc(C)c(Br)cn1. The van der Waals surface area contributed by atoms with Crippen LogP contribution in [0.25, 0.3) is 0 Å². The molecule has 1 N–H and O–H groups in total. The van der Waals surface area contributed by atoms with Crippen LogP contribution in [0.3, 0.4) is 0 Å². The molecule has 0 saturated heterocycles. The Morgan fingerprint density at radius 2 is 2.38 bits per heavy atom. The smallest absolute Gasteiger partial charge is 0.137 e. The van der Waals surface area contributed by atoms with E-state index in [0.717, 1.165) is 10.0 Å². The van der Waals surface area contributed by atoms with E-state index in [4.69, 9.17) is 0 Å². The average molecular weight is 263 g/mol. The number of nitrogens with one attached hydrogen (secondary N) is 1. The summed E-state index contributed by atoms with van der Waals surface area (Å²) in [5.74, 6) is 1.23. The van der Waals surface area contributed by atoms with Gasteiger partial charge in [-0.3, -0.25) is 4.72 Å². The molecular weight excluding hydrogens is 252 g/mol. The number of hydrogen-bond donors (Lipinski definition) is 1. The van der Waals surface area contributed by atoms with E-state index in [1.54, 1.807) is 6.20 Å². The lowest BCUT2D eigenvalue weighted by molar-refractivity contribution is 0.687. The molecule has 72 valence electrons. The van der Waals surface area contributed by atoms with Crippen LogP contribution >= 0.6 is 15.9 Å². The summed E-state index contributed by atoms with van der Waals surface area (Å²) >= 11 is 3.35. The Morgan fingerprint density at radius 1 is 1.69 bits per heavy atom. The van der Waals surface area contributed by atoms with E-state index in [2.05, 4.69) is 25.6 Å². The summed E-state index contributed by atoms with van der Waals surface area (Å²) in [6.45, 7) is 3.82. The molecule has 1 rings (SSSR count). The largest absolute Gasteiger partial charge is 0.289 e. The predicted molar refractivity (Wildman–Crippen MR) is 59.0 cm³/mol.